The summed E-state index contributed by atoms with van der Waals surface area (Å²) < 4.78 is 28.4. The minimum atomic E-state index is -3.79. The van der Waals surface area contributed by atoms with Gasteiger partial charge in [-0.2, -0.15) is 0 Å². The number of fused-ring (bicyclic) bond motifs is 1. The standard InChI is InChI=1S/C23H19N3O4S/c24-31(28,29)18-12-10-17(11-13-18)26-22(27)15-30-21-9-4-14-25-23(21)20-8-3-6-16-5-1-2-7-19(16)20/h1-14H,15H2,(H,26,27)(H2,24,28,29). The van der Waals surface area contributed by atoms with Crippen molar-refractivity contribution >= 4 is 32.4 Å². The van der Waals surface area contributed by atoms with Crippen molar-refractivity contribution in [1.82, 2.24) is 4.98 Å². The molecule has 0 aliphatic rings. The lowest BCUT2D eigenvalue weighted by Gasteiger charge is -2.12. The van der Waals surface area contributed by atoms with Gasteiger partial charge in [0.2, 0.25) is 10.0 Å². The summed E-state index contributed by atoms with van der Waals surface area (Å²) in [6.45, 7) is -0.236. The van der Waals surface area contributed by atoms with Gasteiger partial charge in [-0.25, -0.2) is 13.6 Å². The van der Waals surface area contributed by atoms with E-state index >= 15 is 0 Å². The largest absolute Gasteiger partial charge is 0.481 e. The van der Waals surface area contributed by atoms with Crippen molar-refractivity contribution < 1.29 is 17.9 Å². The average Bonchev–Trinajstić information content (AvgIpc) is 2.77. The maximum Gasteiger partial charge on any atom is 0.262 e. The van der Waals surface area contributed by atoms with Crippen molar-refractivity contribution in [2.75, 3.05) is 11.9 Å². The molecule has 3 N–H and O–H groups in total. The summed E-state index contributed by atoms with van der Waals surface area (Å²) in [7, 11) is -3.79. The van der Waals surface area contributed by atoms with Crippen molar-refractivity contribution in [3.63, 3.8) is 0 Å². The van der Waals surface area contributed by atoms with Gasteiger partial charge in [0.15, 0.2) is 6.61 Å². The van der Waals surface area contributed by atoms with E-state index in [0.717, 1.165) is 16.3 Å². The van der Waals surface area contributed by atoms with E-state index in [1.54, 1.807) is 18.3 Å². The SMILES string of the molecule is NS(=O)(=O)c1ccc(NC(=O)COc2cccnc2-c2cccc3ccccc23)cc1. The number of benzene rings is 3. The fourth-order valence-electron chi connectivity index (χ4n) is 3.21. The van der Waals surface area contributed by atoms with Crippen LogP contribution in [-0.4, -0.2) is 25.9 Å². The normalized spacial score (nSPS) is 11.3. The van der Waals surface area contributed by atoms with E-state index in [0.29, 0.717) is 17.1 Å². The highest BCUT2D eigenvalue weighted by Gasteiger charge is 2.13. The number of anilines is 1. The van der Waals surface area contributed by atoms with Crippen LogP contribution in [0.4, 0.5) is 5.69 Å². The molecule has 4 aromatic rings. The number of aromatic nitrogens is 1. The van der Waals surface area contributed by atoms with Gasteiger partial charge >= 0.3 is 0 Å². The van der Waals surface area contributed by atoms with Gasteiger partial charge in [0.05, 0.1) is 4.90 Å². The summed E-state index contributed by atoms with van der Waals surface area (Å²) in [5.74, 6) is 0.0923. The Balaban J connectivity index is 1.50. The van der Waals surface area contributed by atoms with E-state index in [1.165, 1.54) is 24.3 Å². The minimum Gasteiger partial charge on any atom is -0.481 e. The number of amides is 1. The van der Waals surface area contributed by atoms with Crippen LogP contribution in [0.15, 0.2) is 90.0 Å². The lowest BCUT2D eigenvalue weighted by atomic mass is 10.0. The third-order valence-electron chi connectivity index (χ3n) is 4.64. The Morgan fingerprint density at radius 3 is 2.45 bits per heavy atom. The van der Waals surface area contributed by atoms with Crippen LogP contribution < -0.4 is 15.2 Å². The first-order valence-corrected chi connectivity index (χ1v) is 10.9. The zero-order valence-corrected chi connectivity index (χ0v) is 17.2. The molecule has 1 amide bonds. The zero-order chi connectivity index (χ0) is 21.8. The molecular formula is C23H19N3O4S. The number of primary sulfonamides is 1. The van der Waals surface area contributed by atoms with Crippen LogP contribution in [0.3, 0.4) is 0 Å². The molecule has 8 heteroatoms. The Labute approximate surface area is 179 Å². The van der Waals surface area contributed by atoms with E-state index in [1.807, 2.05) is 42.5 Å². The first-order valence-electron chi connectivity index (χ1n) is 9.40. The molecule has 1 heterocycles. The Morgan fingerprint density at radius 2 is 1.68 bits per heavy atom. The van der Waals surface area contributed by atoms with Gasteiger partial charge in [-0.15, -0.1) is 0 Å². The lowest BCUT2D eigenvalue weighted by Crippen LogP contribution is -2.20. The second kappa shape index (κ2) is 8.55. The van der Waals surface area contributed by atoms with Gasteiger partial charge in [0.1, 0.15) is 11.4 Å². The Hall–Kier alpha value is -3.75. The first-order chi connectivity index (χ1) is 14.9. The molecule has 0 aliphatic carbocycles. The number of ether oxygens (including phenoxy) is 1. The number of nitrogens with zero attached hydrogens (tertiary/aromatic N) is 1. The van der Waals surface area contributed by atoms with Crippen LogP contribution in [0.25, 0.3) is 22.0 Å². The minimum absolute atomic E-state index is 0.0307. The predicted octanol–water partition coefficient (Wildman–Crippen LogP) is 3.57. The van der Waals surface area contributed by atoms with E-state index in [2.05, 4.69) is 10.3 Å². The third kappa shape index (κ3) is 4.71. The summed E-state index contributed by atoms with van der Waals surface area (Å²) in [4.78, 5) is 16.8. The number of sulfonamides is 1. The highest BCUT2D eigenvalue weighted by Crippen LogP contribution is 2.33. The molecule has 0 bridgehead atoms. The average molecular weight is 433 g/mol. The number of hydrogen-bond donors (Lipinski definition) is 2. The van der Waals surface area contributed by atoms with E-state index in [-0.39, 0.29) is 11.5 Å². The molecule has 7 nitrogen and oxygen atoms in total. The molecular weight excluding hydrogens is 414 g/mol. The molecule has 0 spiro atoms. The van der Waals surface area contributed by atoms with Crippen LogP contribution in [0, 0.1) is 0 Å². The van der Waals surface area contributed by atoms with Gasteiger partial charge < -0.3 is 10.1 Å². The van der Waals surface area contributed by atoms with Crippen molar-refractivity contribution in [2.45, 2.75) is 4.90 Å². The number of hydrogen-bond acceptors (Lipinski definition) is 5. The molecule has 0 saturated carbocycles. The first kappa shape index (κ1) is 20.5. The maximum absolute atomic E-state index is 12.3. The van der Waals surface area contributed by atoms with Gasteiger partial charge in [0.25, 0.3) is 5.91 Å². The molecule has 0 saturated heterocycles. The summed E-state index contributed by atoms with van der Waals surface area (Å²) in [5.41, 5.74) is 1.98. The van der Waals surface area contributed by atoms with E-state index < -0.39 is 15.9 Å². The second-order valence-corrected chi connectivity index (χ2v) is 8.34. The summed E-state index contributed by atoms with van der Waals surface area (Å²) in [5, 5.41) is 9.85. The second-order valence-electron chi connectivity index (χ2n) is 6.78. The quantitative estimate of drug-likeness (QED) is 0.483. The highest BCUT2D eigenvalue weighted by molar-refractivity contribution is 7.89. The number of rotatable bonds is 6. The van der Waals surface area contributed by atoms with Gasteiger partial charge in [-0.3, -0.25) is 9.78 Å². The Kier molecular flexibility index (Phi) is 5.66. The van der Waals surface area contributed by atoms with Crippen LogP contribution in [0.5, 0.6) is 5.75 Å². The smallest absolute Gasteiger partial charge is 0.262 e. The number of nitrogens with two attached hydrogens (primary N) is 1. The van der Waals surface area contributed by atoms with Crippen LogP contribution in [0.2, 0.25) is 0 Å². The van der Waals surface area contributed by atoms with Gasteiger partial charge in [-0.1, -0.05) is 42.5 Å². The van der Waals surface area contributed by atoms with E-state index in [4.69, 9.17) is 9.88 Å². The molecule has 31 heavy (non-hydrogen) atoms. The summed E-state index contributed by atoms with van der Waals surface area (Å²) in [6, 6.07) is 23.0. The molecule has 4 rings (SSSR count). The van der Waals surface area contributed by atoms with Crippen LogP contribution in [0.1, 0.15) is 0 Å². The number of carbonyl (C=O) groups excluding carboxylic acids is 1. The number of pyridine rings is 1. The molecule has 156 valence electrons. The van der Waals surface area contributed by atoms with Gasteiger partial charge in [-0.05, 0) is 47.2 Å². The fraction of sp³-hybridized carbons (Fsp3) is 0.0435. The highest BCUT2D eigenvalue weighted by atomic mass is 32.2. The molecule has 0 fully saturated rings. The number of nitrogens with one attached hydrogen (secondary N) is 1. The van der Waals surface area contributed by atoms with Gasteiger partial charge in [0, 0.05) is 17.4 Å². The molecule has 1 aromatic heterocycles. The monoisotopic (exact) mass is 433 g/mol. The maximum atomic E-state index is 12.3. The van der Waals surface area contributed by atoms with Crippen molar-refractivity contribution in [1.29, 1.82) is 0 Å². The van der Waals surface area contributed by atoms with Crippen LogP contribution >= 0.6 is 0 Å². The predicted molar refractivity (Wildman–Crippen MR) is 119 cm³/mol. The topological polar surface area (TPSA) is 111 Å². The Morgan fingerprint density at radius 1 is 0.935 bits per heavy atom. The Bertz CT molecular complexity index is 1350. The van der Waals surface area contributed by atoms with Crippen molar-refractivity contribution in [3.8, 4) is 17.0 Å². The van der Waals surface area contributed by atoms with Crippen molar-refractivity contribution in [2.24, 2.45) is 5.14 Å². The molecule has 0 unspecified atom stereocenters. The lowest BCUT2D eigenvalue weighted by molar-refractivity contribution is -0.118. The zero-order valence-electron chi connectivity index (χ0n) is 16.4. The third-order valence-corrected chi connectivity index (χ3v) is 5.57. The van der Waals surface area contributed by atoms with E-state index in [9.17, 15) is 13.2 Å². The molecule has 0 atom stereocenters. The van der Waals surface area contributed by atoms with Crippen LogP contribution in [-0.2, 0) is 14.8 Å². The number of carbonyl (C=O) groups is 1. The summed E-state index contributed by atoms with van der Waals surface area (Å²) in [6.07, 6.45) is 1.68. The van der Waals surface area contributed by atoms with Crippen molar-refractivity contribution in [3.05, 3.63) is 85.1 Å². The summed E-state index contributed by atoms with van der Waals surface area (Å²) >= 11 is 0. The molecule has 3 aromatic carbocycles. The molecule has 0 aliphatic heterocycles. The fourth-order valence-corrected chi connectivity index (χ4v) is 3.72. The molecule has 0 radical (unpaired) electrons.